The van der Waals surface area contributed by atoms with E-state index in [-0.39, 0.29) is 49.9 Å². The first kappa shape index (κ1) is 17.9. The Hall–Kier alpha value is -0.104. The van der Waals surface area contributed by atoms with Crippen LogP contribution in [0.2, 0.25) is 0 Å². The quantitative estimate of drug-likeness (QED) is 0.770. The number of aliphatic hydroxyl groups excluding tert-OH is 2. The van der Waals surface area contributed by atoms with Crippen molar-refractivity contribution in [2.75, 3.05) is 5.01 Å². The normalized spacial score (nSPS) is 24.1. The predicted octanol–water partition coefficient (Wildman–Crippen LogP) is 2.22. The van der Waals surface area contributed by atoms with Crippen LogP contribution in [-0.2, 0) is 0 Å². The molecule has 0 bridgehead atoms. The molecule has 3 atom stereocenters. The number of aliphatic hydroxyl groups is 2. The Balaban J connectivity index is 0.00000200. The molecule has 1 aliphatic heterocycles. The van der Waals surface area contributed by atoms with E-state index in [1.165, 1.54) is 0 Å². The maximum Gasteiger partial charge on any atom is 0.158 e. The molecule has 0 aliphatic carbocycles. The van der Waals surface area contributed by atoms with Gasteiger partial charge in [0.25, 0.3) is 0 Å². The number of para-hydroxylation sites is 1. The van der Waals surface area contributed by atoms with E-state index in [4.69, 9.17) is 0 Å². The van der Waals surface area contributed by atoms with Crippen LogP contribution in [0, 0.1) is 49.9 Å². The van der Waals surface area contributed by atoms with Crippen LogP contribution in [0.25, 0.3) is 0 Å². The number of hydrogen-bond donors (Lipinski definition) is 2. The van der Waals surface area contributed by atoms with Gasteiger partial charge in [-0.2, -0.15) is 5.10 Å². The van der Waals surface area contributed by atoms with Gasteiger partial charge >= 0.3 is 0 Å². The van der Waals surface area contributed by atoms with E-state index in [0.717, 1.165) is 11.4 Å². The second kappa shape index (κ2) is 6.77. The first-order valence-corrected chi connectivity index (χ1v) is 6.58. The Morgan fingerprint density at radius 1 is 1.20 bits per heavy atom. The number of nitrogens with zero attached hydrogens (tertiary/aromatic N) is 2. The molecule has 0 spiro atoms. The molecule has 113 valence electrons. The Bertz CT molecular complexity index is 471. The van der Waals surface area contributed by atoms with Crippen molar-refractivity contribution >= 4 is 11.4 Å². The topological polar surface area (TPSA) is 56.1 Å². The predicted molar refractivity (Wildman–Crippen MR) is 77.0 cm³/mol. The molecule has 0 amide bonds. The van der Waals surface area contributed by atoms with Gasteiger partial charge in [-0.25, -0.2) is 5.01 Å². The van der Waals surface area contributed by atoms with Crippen molar-refractivity contribution in [2.45, 2.75) is 40.0 Å². The van der Waals surface area contributed by atoms with Crippen LogP contribution in [0.15, 0.2) is 35.4 Å². The van der Waals surface area contributed by atoms with E-state index in [2.05, 4.69) is 5.10 Å². The number of hydrogen-bond acceptors (Lipinski definition) is 4. The number of rotatable bonds is 2. The molecule has 20 heavy (non-hydrogen) atoms. The van der Waals surface area contributed by atoms with Crippen LogP contribution in [0.5, 0.6) is 0 Å². The van der Waals surface area contributed by atoms with Gasteiger partial charge in [0.1, 0.15) is 0 Å². The van der Waals surface area contributed by atoms with Gasteiger partial charge in [-0.05, 0) is 24.5 Å². The van der Waals surface area contributed by atoms with Crippen LogP contribution >= 0.6 is 0 Å². The van der Waals surface area contributed by atoms with Crippen molar-refractivity contribution in [3.05, 3.63) is 30.3 Å². The zero-order chi connectivity index (χ0) is 14.2. The zero-order valence-corrected chi connectivity index (χ0v) is 14.4. The Labute approximate surface area is 151 Å². The van der Waals surface area contributed by atoms with Crippen molar-refractivity contribution in [2.24, 2.45) is 16.4 Å². The van der Waals surface area contributed by atoms with Crippen LogP contribution in [-0.4, -0.2) is 28.3 Å². The largest absolute Gasteiger partial charge is 0.392 e. The molecule has 2 rings (SSSR count). The molecular formula is C15H22N2O2Tb. The van der Waals surface area contributed by atoms with Crippen molar-refractivity contribution in [3.8, 4) is 0 Å². The average molecular weight is 421 g/mol. The third kappa shape index (κ3) is 3.56. The fourth-order valence-corrected chi connectivity index (χ4v) is 2.39. The molecule has 1 aliphatic rings. The second-order valence-corrected chi connectivity index (χ2v) is 6.17. The maximum atomic E-state index is 10.5. The number of hydrazone groups is 1. The molecule has 0 saturated heterocycles. The molecule has 0 aromatic heterocycles. The van der Waals surface area contributed by atoms with E-state index >= 15 is 0 Å². The minimum atomic E-state index is -0.823. The van der Waals surface area contributed by atoms with Crippen LogP contribution < -0.4 is 5.01 Å². The second-order valence-electron chi connectivity index (χ2n) is 6.17. The Morgan fingerprint density at radius 3 is 2.25 bits per heavy atom. The first-order valence-electron chi connectivity index (χ1n) is 6.58. The van der Waals surface area contributed by atoms with Crippen LogP contribution in [0.1, 0.15) is 27.7 Å². The van der Waals surface area contributed by atoms with Gasteiger partial charge in [0.15, 0.2) is 6.23 Å². The SMILES string of the molecule is CC1=NN(c2ccccc2)C(O)C1C(O)C(C)(C)C.[Tb]. The Kier molecular flexibility index (Phi) is 6.08. The van der Waals surface area contributed by atoms with Crippen molar-refractivity contribution in [1.82, 2.24) is 0 Å². The van der Waals surface area contributed by atoms with Crippen LogP contribution in [0.3, 0.4) is 0 Å². The molecule has 2 N–H and O–H groups in total. The number of benzene rings is 1. The molecule has 4 nitrogen and oxygen atoms in total. The molecule has 1 aromatic carbocycles. The summed E-state index contributed by atoms with van der Waals surface area (Å²) in [6.45, 7) is 7.74. The molecular weight excluding hydrogens is 399 g/mol. The summed E-state index contributed by atoms with van der Waals surface area (Å²) in [5.41, 5.74) is 1.30. The fraction of sp³-hybridized carbons (Fsp3) is 0.533. The minimum absolute atomic E-state index is 0. The summed E-state index contributed by atoms with van der Waals surface area (Å²) in [6.07, 6.45) is -1.46. The summed E-state index contributed by atoms with van der Waals surface area (Å²) in [7, 11) is 0. The van der Waals surface area contributed by atoms with Crippen molar-refractivity contribution in [1.29, 1.82) is 0 Å². The molecule has 1 aromatic rings. The molecule has 0 fully saturated rings. The summed E-state index contributed by atoms with van der Waals surface area (Å²) in [4.78, 5) is 0. The third-order valence-corrected chi connectivity index (χ3v) is 3.57. The molecule has 1 heterocycles. The average Bonchev–Trinajstić information content (AvgIpc) is 2.64. The molecule has 1 radical (unpaired) electrons. The first-order chi connectivity index (χ1) is 8.82. The Morgan fingerprint density at radius 2 is 1.75 bits per heavy atom. The molecule has 0 saturated carbocycles. The van der Waals surface area contributed by atoms with Gasteiger partial charge in [0.05, 0.1) is 17.7 Å². The van der Waals surface area contributed by atoms with Crippen molar-refractivity contribution in [3.63, 3.8) is 0 Å². The van der Waals surface area contributed by atoms with Gasteiger partial charge in [0.2, 0.25) is 0 Å². The van der Waals surface area contributed by atoms with E-state index in [1.54, 1.807) is 5.01 Å². The summed E-state index contributed by atoms with van der Waals surface area (Å²) in [6, 6.07) is 9.52. The summed E-state index contributed by atoms with van der Waals surface area (Å²) in [5.74, 6) is -0.361. The van der Waals surface area contributed by atoms with Crippen LogP contribution in [0.4, 0.5) is 5.69 Å². The summed E-state index contributed by atoms with van der Waals surface area (Å²) in [5, 5.41) is 26.9. The van der Waals surface area contributed by atoms with Crippen molar-refractivity contribution < 1.29 is 48.8 Å². The van der Waals surface area contributed by atoms with E-state index in [1.807, 2.05) is 58.0 Å². The number of anilines is 1. The van der Waals surface area contributed by atoms with E-state index < -0.39 is 12.3 Å². The van der Waals surface area contributed by atoms with Gasteiger partial charge < -0.3 is 10.2 Å². The van der Waals surface area contributed by atoms with Gasteiger partial charge in [0, 0.05) is 44.3 Å². The summed E-state index contributed by atoms with van der Waals surface area (Å²) < 4.78 is 0. The molecule has 5 heteroatoms. The maximum absolute atomic E-state index is 10.5. The fourth-order valence-electron chi connectivity index (χ4n) is 2.39. The van der Waals surface area contributed by atoms with Gasteiger partial charge in [-0.3, -0.25) is 0 Å². The van der Waals surface area contributed by atoms with E-state index in [0.29, 0.717) is 0 Å². The van der Waals surface area contributed by atoms with Gasteiger partial charge in [-0.1, -0.05) is 39.0 Å². The minimum Gasteiger partial charge on any atom is -0.392 e. The van der Waals surface area contributed by atoms with E-state index in [9.17, 15) is 10.2 Å². The third-order valence-electron chi connectivity index (χ3n) is 3.57. The van der Waals surface area contributed by atoms with Gasteiger partial charge in [-0.15, -0.1) is 0 Å². The smallest absolute Gasteiger partial charge is 0.158 e. The standard InChI is InChI=1S/C15H22N2O2.Tb/c1-10-12(13(18)15(2,3)4)14(19)17(16-10)11-8-6-5-7-9-11;/h5-9,12-14,18-19H,1-4H3;. The zero-order valence-electron chi connectivity index (χ0n) is 12.2. The molecule has 3 unspecified atom stereocenters. The monoisotopic (exact) mass is 421 g/mol. The summed E-state index contributed by atoms with van der Waals surface area (Å²) >= 11 is 0.